The van der Waals surface area contributed by atoms with E-state index in [2.05, 4.69) is 40.7 Å². The van der Waals surface area contributed by atoms with Crippen LogP contribution in [0.4, 0.5) is 0 Å². The maximum Gasteiger partial charge on any atom is 0.155 e. The van der Waals surface area contributed by atoms with E-state index in [1.165, 1.54) is 5.57 Å². The lowest BCUT2D eigenvalue weighted by Gasteiger charge is -2.17. The predicted molar refractivity (Wildman–Crippen MR) is 71.5 cm³/mol. The van der Waals surface area contributed by atoms with Gasteiger partial charge in [-0.1, -0.05) is 44.9 Å². The Hall–Kier alpha value is -0.850. The number of ketones is 1. The minimum atomic E-state index is 0.0825. The first-order valence-electron chi connectivity index (χ1n) is 6.23. The minimum Gasteiger partial charge on any atom is -0.295 e. The summed E-state index contributed by atoms with van der Waals surface area (Å²) in [6, 6.07) is 0. The lowest BCUT2D eigenvalue weighted by atomic mass is 9.87. The number of carbonyl (C=O) groups is 1. The molecule has 16 heavy (non-hydrogen) atoms. The van der Waals surface area contributed by atoms with E-state index < -0.39 is 0 Å². The molecular formula is C15H26O. The van der Waals surface area contributed by atoms with Crippen molar-refractivity contribution in [2.75, 3.05) is 0 Å². The van der Waals surface area contributed by atoms with E-state index >= 15 is 0 Å². The monoisotopic (exact) mass is 222 g/mol. The summed E-state index contributed by atoms with van der Waals surface area (Å²) in [5.41, 5.74) is 1.41. The van der Waals surface area contributed by atoms with E-state index in [4.69, 9.17) is 0 Å². The molecule has 0 aromatic heterocycles. The molecule has 0 aromatic rings. The topological polar surface area (TPSA) is 17.1 Å². The van der Waals surface area contributed by atoms with Gasteiger partial charge in [-0.05, 0) is 38.2 Å². The maximum atomic E-state index is 11.5. The molecule has 0 heterocycles. The summed E-state index contributed by atoms with van der Waals surface area (Å²) >= 11 is 0. The molecule has 0 fully saturated rings. The smallest absolute Gasteiger partial charge is 0.155 e. The molecule has 1 heteroatoms. The molecule has 0 rings (SSSR count). The van der Waals surface area contributed by atoms with Gasteiger partial charge in [-0.25, -0.2) is 0 Å². The fourth-order valence-electron chi connectivity index (χ4n) is 1.29. The first-order chi connectivity index (χ1) is 7.37. The van der Waals surface area contributed by atoms with Gasteiger partial charge >= 0.3 is 0 Å². The first kappa shape index (κ1) is 15.2. The van der Waals surface area contributed by atoms with Crippen molar-refractivity contribution < 1.29 is 4.79 Å². The molecular weight excluding hydrogens is 196 g/mol. The van der Waals surface area contributed by atoms with Crippen LogP contribution in [-0.4, -0.2) is 5.78 Å². The summed E-state index contributed by atoms with van der Waals surface area (Å²) in [4.78, 5) is 11.5. The van der Waals surface area contributed by atoms with Gasteiger partial charge in [0, 0.05) is 6.42 Å². The van der Waals surface area contributed by atoms with E-state index in [-0.39, 0.29) is 11.2 Å². The van der Waals surface area contributed by atoms with Crippen LogP contribution in [0.3, 0.4) is 0 Å². The molecule has 0 amide bonds. The molecule has 0 bridgehead atoms. The average Bonchev–Trinajstić information content (AvgIpc) is 2.21. The number of unbranched alkanes of at least 4 members (excludes halogenated alkanes) is 1. The van der Waals surface area contributed by atoms with Crippen LogP contribution in [0.2, 0.25) is 0 Å². The summed E-state index contributed by atoms with van der Waals surface area (Å²) in [5.74, 6) is 0.257. The van der Waals surface area contributed by atoms with Gasteiger partial charge in [0.2, 0.25) is 0 Å². The van der Waals surface area contributed by atoms with E-state index in [9.17, 15) is 4.79 Å². The number of allylic oxidation sites excluding steroid dienone is 4. The Morgan fingerprint density at radius 2 is 1.88 bits per heavy atom. The highest BCUT2D eigenvalue weighted by molar-refractivity contribution is 5.89. The molecule has 0 spiro atoms. The van der Waals surface area contributed by atoms with Crippen LogP contribution in [0.5, 0.6) is 0 Å². The van der Waals surface area contributed by atoms with Crippen molar-refractivity contribution >= 4 is 5.78 Å². The van der Waals surface area contributed by atoms with E-state index in [1.54, 1.807) is 6.08 Å². The Kier molecular flexibility index (Phi) is 7.03. The summed E-state index contributed by atoms with van der Waals surface area (Å²) in [6.45, 7) is 10.6. The fraction of sp³-hybridized carbons (Fsp3) is 0.667. The molecule has 0 N–H and O–H groups in total. The van der Waals surface area contributed by atoms with Crippen LogP contribution in [0.25, 0.3) is 0 Å². The second kappa shape index (κ2) is 7.43. The van der Waals surface area contributed by atoms with Crippen molar-refractivity contribution in [3.05, 3.63) is 23.8 Å². The molecule has 92 valence electrons. The van der Waals surface area contributed by atoms with Gasteiger partial charge in [0.1, 0.15) is 0 Å². The predicted octanol–water partition coefficient (Wildman–Crippen LogP) is 4.68. The summed E-state index contributed by atoms with van der Waals surface area (Å²) < 4.78 is 0. The maximum absolute atomic E-state index is 11.5. The summed E-state index contributed by atoms with van der Waals surface area (Å²) in [5, 5.41) is 0. The third-order valence-corrected chi connectivity index (χ3v) is 2.53. The Morgan fingerprint density at radius 3 is 2.38 bits per heavy atom. The normalized spacial score (nSPS) is 11.8. The van der Waals surface area contributed by atoms with Crippen molar-refractivity contribution in [1.29, 1.82) is 0 Å². The van der Waals surface area contributed by atoms with Crippen molar-refractivity contribution in [2.24, 2.45) is 5.41 Å². The molecule has 0 saturated carbocycles. The Balaban J connectivity index is 4.18. The van der Waals surface area contributed by atoms with Gasteiger partial charge in [0.25, 0.3) is 0 Å². The minimum absolute atomic E-state index is 0.0825. The zero-order chi connectivity index (χ0) is 12.6. The summed E-state index contributed by atoms with van der Waals surface area (Å²) in [7, 11) is 0. The zero-order valence-electron chi connectivity index (χ0n) is 11.5. The third-order valence-electron chi connectivity index (χ3n) is 2.53. The second-order valence-corrected chi connectivity index (χ2v) is 5.38. The van der Waals surface area contributed by atoms with Crippen molar-refractivity contribution in [3.63, 3.8) is 0 Å². The van der Waals surface area contributed by atoms with E-state index in [0.29, 0.717) is 6.42 Å². The van der Waals surface area contributed by atoms with Crippen molar-refractivity contribution in [3.8, 4) is 0 Å². The summed E-state index contributed by atoms with van der Waals surface area (Å²) in [6.07, 6.45) is 9.79. The van der Waals surface area contributed by atoms with Crippen LogP contribution in [0, 0.1) is 5.41 Å². The number of rotatable bonds is 7. The van der Waals surface area contributed by atoms with Crippen molar-refractivity contribution in [2.45, 2.75) is 60.3 Å². The molecule has 0 aliphatic carbocycles. The largest absolute Gasteiger partial charge is 0.295 e. The molecule has 0 unspecified atom stereocenters. The van der Waals surface area contributed by atoms with Crippen LogP contribution in [-0.2, 0) is 4.79 Å². The number of hydrogen-bond acceptors (Lipinski definition) is 1. The average molecular weight is 222 g/mol. The molecule has 0 aliphatic heterocycles. The Bertz CT molecular complexity index is 265. The molecule has 0 radical (unpaired) electrons. The quantitative estimate of drug-likeness (QED) is 0.451. The highest BCUT2D eigenvalue weighted by Gasteiger charge is 2.12. The van der Waals surface area contributed by atoms with Crippen molar-refractivity contribution in [1.82, 2.24) is 0 Å². The molecule has 0 atom stereocenters. The van der Waals surface area contributed by atoms with Gasteiger partial charge < -0.3 is 0 Å². The molecule has 0 aliphatic rings. The fourth-order valence-corrected chi connectivity index (χ4v) is 1.29. The standard InChI is InChI=1S/C15H26O/c1-6-7-8-14(16)10-12-15(4,5)11-9-13(2)3/h9-10,12H,6-8,11H2,1-5H3. The first-order valence-corrected chi connectivity index (χ1v) is 6.23. The third kappa shape index (κ3) is 8.46. The van der Waals surface area contributed by atoms with Gasteiger partial charge in [0.05, 0.1) is 0 Å². The van der Waals surface area contributed by atoms with Crippen LogP contribution < -0.4 is 0 Å². The highest BCUT2D eigenvalue weighted by atomic mass is 16.1. The number of carbonyl (C=O) groups excluding carboxylic acids is 1. The van der Waals surface area contributed by atoms with Gasteiger partial charge in [-0.2, -0.15) is 0 Å². The Labute approximate surface area is 101 Å². The zero-order valence-corrected chi connectivity index (χ0v) is 11.5. The van der Waals surface area contributed by atoms with Gasteiger partial charge in [0.15, 0.2) is 5.78 Å². The SMILES string of the molecule is CCCCC(=O)C=CC(C)(C)CC=C(C)C. The van der Waals surface area contributed by atoms with Gasteiger partial charge in [-0.3, -0.25) is 4.79 Å². The van der Waals surface area contributed by atoms with Crippen LogP contribution >= 0.6 is 0 Å². The van der Waals surface area contributed by atoms with E-state index in [0.717, 1.165) is 19.3 Å². The van der Waals surface area contributed by atoms with Crippen LogP contribution in [0.15, 0.2) is 23.8 Å². The van der Waals surface area contributed by atoms with E-state index in [1.807, 2.05) is 6.08 Å². The van der Waals surface area contributed by atoms with Gasteiger partial charge in [-0.15, -0.1) is 0 Å². The molecule has 0 saturated heterocycles. The second-order valence-electron chi connectivity index (χ2n) is 5.38. The van der Waals surface area contributed by atoms with Crippen LogP contribution in [0.1, 0.15) is 60.3 Å². The highest BCUT2D eigenvalue weighted by Crippen LogP contribution is 2.23. The lowest BCUT2D eigenvalue weighted by molar-refractivity contribution is -0.114. The number of hydrogen-bond donors (Lipinski definition) is 0. The Morgan fingerprint density at radius 1 is 1.25 bits per heavy atom. The lowest BCUT2D eigenvalue weighted by Crippen LogP contribution is -2.07. The molecule has 0 aromatic carbocycles. The molecule has 1 nitrogen and oxygen atoms in total.